The van der Waals surface area contributed by atoms with Gasteiger partial charge in [0, 0.05) is 51.7 Å². The predicted molar refractivity (Wildman–Crippen MR) is 129 cm³/mol. The molecule has 2 fully saturated rings. The number of halogens is 3. The number of alkyl halides is 3. The molecule has 196 valence electrons. The lowest BCUT2D eigenvalue weighted by Gasteiger charge is -2.41. The van der Waals surface area contributed by atoms with Crippen LogP contribution in [0.15, 0.2) is 34.7 Å². The maximum absolute atomic E-state index is 13.5. The molecule has 10 heteroatoms. The molecule has 1 aromatic heterocycles. The second-order valence-electron chi connectivity index (χ2n) is 10.0. The van der Waals surface area contributed by atoms with Crippen LogP contribution in [0.1, 0.15) is 60.4 Å². The van der Waals surface area contributed by atoms with E-state index in [9.17, 15) is 22.8 Å². The number of nitrogens with zero attached hydrogens (tertiary/aromatic N) is 2. The maximum Gasteiger partial charge on any atom is 0.416 e. The molecule has 7 nitrogen and oxygen atoms in total. The Morgan fingerprint density at radius 1 is 1.08 bits per heavy atom. The van der Waals surface area contributed by atoms with Crippen LogP contribution in [-0.2, 0) is 15.7 Å². The van der Waals surface area contributed by atoms with Crippen molar-refractivity contribution in [2.45, 2.75) is 44.7 Å². The van der Waals surface area contributed by atoms with Crippen molar-refractivity contribution >= 4 is 23.2 Å². The first-order chi connectivity index (χ1) is 17.0. The zero-order chi connectivity index (χ0) is 26.1. The molecule has 0 aliphatic carbocycles. The highest BCUT2D eigenvalue weighted by atomic mass is 19.4. The third-order valence-corrected chi connectivity index (χ3v) is 7.18. The van der Waals surface area contributed by atoms with Crippen LogP contribution in [0.25, 0.3) is 0 Å². The summed E-state index contributed by atoms with van der Waals surface area (Å²) in [6.45, 7) is 4.10. The van der Waals surface area contributed by atoms with Crippen molar-refractivity contribution in [3.63, 3.8) is 0 Å². The van der Waals surface area contributed by atoms with E-state index in [-0.39, 0.29) is 23.3 Å². The van der Waals surface area contributed by atoms with Gasteiger partial charge in [-0.1, -0.05) is 6.92 Å². The van der Waals surface area contributed by atoms with Crippen LogP contribution in [0.2, 0.25) is 0 Å². The highest BCUT2D eigenvalue weighted by molar-refractivity contribution is 6.04. The van der Waals surface area contributed by atoms with Crippen molar-refractivity contribution in [1.29, 1.82) is 0 Å². The Balaban J connectivity index is 1.55. The van der Waals surface area contributed by atoms with Crippen molar-refractivity contribution in [3.05, 3.63) is 47.4 Å². The molecule has 0 atom stereocenters. The number of furan rings is 1. The molecule has 0 saturated carbocycles. The van der Waals surface area contributed by atoms with E-state index in [4.69, 9.17) is 9.15 Å². The summed E-state index contributed by atoms with van der Waals surface area (Å²) < 4.78 is 51.6. The summed E-state index contributed by atoms with van der Waals surface area (Å²) in [5.41, 5.74) is -0.855. The van der Waals surface area contributed by atoms with Gasteiger partial charge in [-0.15, -0.1) is 0 Å². The number of anilines is 2. The number of benzene rings is 1. The lowest BCUT2D eigenvalue weighted by Crippen LogP contribution is -2.47. The lowest BCUT2D eigenvalue weighted by atomic mass is 9.79. The van der Waals surface area contributed by atoms with Crippen molar-refractivity contribution in [2.24, 2.45) is 5.41 Å². The quantitative estimate of drug-likeness (QED) is 0.607. The summed E-state index contributed by atoms with van der Waals surface area (Å²) in [7, 11) is 3.43. The van der Waals surface area contributed by atoms with E-state index < -0.39 is 23.1 Å². The molecule has 0 unspecified atom stereocenters. The lowest BCUT2D eigenvalue weighted by molar-refractivity contribution is -0.140. The van der Waals surface area contributed by atoms with Gasteiger partial charge in [0.15, 0.2) is 5.76 Å². The Bertz CT molecular complexity index is 1100. The summed E-state index contributed by atoms with van der Waals surface area (Å²) in [5.74, 6) is 0.285. The Hall–Kier alpha value is -3.01. The molecule has 2 aromatic rings. The molecule has 1 aromatic carbocycles. The summed E-state index contributed by atoms with van der Waals surface area (Å²) in [6.07, 6.45) is -1.89. The molecule has 2 aliphatic heterocycles. The third kappa shape index (κ3) is 5.53. The number of hydrogen-bond donors (Lipinski definition) is 1. The number of piperidine rings is 1. The zero-order valence-corrected chi connectivity index (χ0v) is 20.8. The van der Waals surface area contributed by atoms with Crippen LogP contribution in [0.5, 0.6) is 0 Å². The molecule has 1 N–H and O–H groups in total. The van der Waals surface area contributed by atoms with Crippen molar-refractivity contribution < 1.29 is 31.9 Å². The Morgan fingerprint density at radius 2 is 1.75 bits per heavy atom. The second kappa shape index (κ2) is 10.2. The van der Waals surface area contributed by atoms with Gasteiger partial charge in [0.2, 0.25) is 5.91 Å². The van der Waals surface area contributed by atoms with Gasteiger partial charge >= 0.3 is 6.18 Å². The van der Waals surface area contributed by atoms with Gasteiger partial charge in [-0.25, -0.2) is 0 Å². The molecule has 2 aliphatic rings. The molecular weight excluding hydrogens is 475 g/mol. The number of hydrogen-bond acceptors (Lipinski definition) is 5. The topological polar surface area (TPSA) is 75.0 Å². The monoisotopic (exact) mass is 507 g/mol. The summed E-state index contributed by atoms with van der Waals surface area (Å²) in [4.78, 5) is 29.1. The summed E-state index contributed by atoms with van der Waals surface area (Å²) in [6, 6.07) is 6.64. The SMILES string of the molecule is CN(C)C(=O)C1(C)CCN(c2ccc(C(F)(F)F)cc2NC(=O)c2ccc(C3CCOCC3)o2)CC1. The van der Waals surface area contributed by atoms with E-state index in [2.05, 4.69) is 5.32 Å². The number of rotatable bonds is 5. The highest BCUT2D eigenvalue weighted by Crippen LogP contribution is 2.40. The smallest absolute Gasteiger partial charge is 0.416 e. The van der Waals surface area contributed by atoms with E-state index in [1.807, 2.05) is 11.8 Å². The van der Waals surface area contributed by atoms with Crippen LogP contribution in [0.4, 0.5) is 24.5 Å². The fourth-order valence-electron chi connectivity index (χ4n) is 4.94. The van der Waals surface area contributed by atoms with E-state index in [1.165, 1.54) is 6.07 Å². The standard InChI is InChI=1S/C26H32F3N3O4/c1-25(24(34)31(2)3)10-12-32(13-11-25)20-5-4-18(26(27,28)29)16-19(20)30-23(33)22-7-6-21(36-22)17-8-14-35-15-9-17/h4-7,16-17H,8-15H2,1-3H3,(H,30,33). The first kappa shape index (κ1) is 26.1. The molecule has 0 spiro atoms. The molecule has 0 radical (unpaired) electrons. The van der Waals surface area contributed by atoms with Crippen molar-refractivity contribution in [3.8, 4) is 0 Å². The number of ether oxygens (including phenoxy) is 1. The molecular formula is C26H32F3N3O4. The normalized spacial score (nSPS) is 18.7. The fraction of sp³-hybridized carbons (Fsp3) is 0.538. The number of carbonyl (C=O) groups excluding carboxylic acids is 2. The first-order valence-corrected chi connectivity index (χ1v) is 12.1. The summed E-state index contributed by atoms with van der Waals surface area (Å²) >= 11 is 0. The zero-order valence-electron chi connectivity index (χ0n) is 20.8. The minimum atomic E-state index is -4.56. The minimum absolute atomic E-state index is 0.0289. The molecule has 4 rings (SSSR count). The van der Waals surface area contributed by atoms with Crippen molar-refractivity contribution in [1.82, 2.24) is 4.90 Å². The number of carbonyl (C=O) groups is 2. The summed E-state index contributed by atoms with van der Waals surface area (Å²) in [5, 5.41) is 2.64. The van der Waals surface area contributed by atoms with Crippen molar-refractivity contribution in [2.75, 3.05) is 50.6 Å². The van der Waals surface area contributed by atoms with E-state index in [0.717, 1.165) is 25.0 Å². The third-order valence-electron chi connectivity index (χ3n) is 7.18. The van der Waals surface area contributed by atoms with Crippen LogP contribution in [0, 0.1) is 5.41 Å². The van der Waals surface area contributed by atoms with Gasteiger partial charge < -0.3 is 24.3 Å². The molecule has 2 saturated heterocycles. The molecule has 2 amide bonds. The Labute approximate surface area is 208 Å². The second-order valence-corrected chi connectivity index (χ2v) is 10.0. The predicted octanol–water partition coefficient (Wildman–Crippen LogP) is 5.14. The van der Waals surface area contributed by atoms with Crippen LogP contribution >= 0.6 is 0 Å². The van der Waals surface area contributed by atoms with E-state index in [1.54, 1.807) is 31.1 Å². The van der Waals surface area contributed by atoms with Gasteiger partial charge in [0.25, 0.3) is 5.91 Å². The average molecular weight is 508 g/mol. The Morgan fingerprint density at radius 3 is 2.36 bits per heavy atom. The average Bonchev–Trinajstić information content (AvgIpc) is 3.35. The van der Waals surface area contributed by atoms with Gasteiger partial charge in [-0.05, 0) is 56.0 Å². The van der Waals surface area contributed by atoms with Crippen LogP contribution < -0.4 is 10.2 Å². The highest BCUT2D eigenvalue weighted by Gasteiger charge is 2.39. The van der Waals surface area contributed by atoms with E-state index >= 15 is 0 Å². The maximum atomic E-state index is 13.5. The van der Waals surface area contributed by atoms with Crippen LogP contribution in [-0.4, -0.2) is 57.1 Å². The molecule has 0 bridgehead atoms. The largest absolute Gasteiger partial charge is 0.456 e. The van der Waals surface area contributed by atoms with Crippen LogP contribution in [0.3, 0.4) is 0 Å². The van der Waals surface area contributed by atoms with Gasteiger partial charge in [0.05, 0.1) is 16.9 Å². The van der Waals surface area contributed by atoms with Gasteiger partial charge in [-0.3, -0.25) is 9.59 Å². The molecule has 3 heterocycles. The number of nitrogens with one attached hydrogen (secondary N) is 1. The Kier molecular flexibility index (Phi) is 7.36. The first-order valence-electron chi connectivity index (χ1n) is 12.1. The van der Waals surface area contributed by atoms with Gasteiger partial charge in [0.1, 0.15) is 5.76 Å². The fourth-order valence-corrected chi connectivity index (χ4v) is 4.94. The van der Waals surface area contributed by atoms with Gasteiger partial charge in [-0.2, -0.15) is 13.2 Å². The molecule has 36 heavy (non-hydrogen) atoms. The van der Waals surface area contributed by atoms with E-state index in [0.29, 0.717) is 50.6 Å². The minimum Gasteiger partial charge on any atom is -0.456 e. The number of amides is 2.